The van der Waals surface area contributed by atoms with E-state index in [0.717, 1.165) is 5.69 Å². The third-order valence-corrected chi connectivity index (χ3v) is 1.96. The molecule has 0 radical (unpaired) electrons. The minimum Gasteiger partial charge on any atom is -0.390 e. The highest BCUT2D eigenvalue weighted by Crippen LogP contribution is 2.05. The quantitative estimate of drug-likeness (QED) is 0.697. The fourth-order valence-electron chi connectivity index (χ4n) is 1.40. The van der Waals surface area contributed by atoms with Crippen LogP contribution in [0.15, 0.2) is 6.07 Å². The van der Waals surface area contributed by atoms with Crippen LogP contribution in [0.4, 0.5) is 5.82 Å². The number of hydrogen-bond donors (Lipinski definition) is 2. The fraction of sp³-hybridized carbons (Fsp3) is 0.667. The van der Waals surface area contributed by atoms with E-state index in [1.54, 1.807) is 10.7 Å². The molecule has 0 aliphatic heterocycles. The van der Waals surface area contributed by atoms with Crippen molar-refractivity contribution in [2.75, 3.05) is 26.4 Å². The molecule has 0 amide bonds. The maximum atomic E-state index is 9.66. The van der Waals surface area contributed by atoms with Crippen molar-refractivity contribution in [3.63, 3.8) is 0 Å². The van der Waals surface area contributed by atoms with Crippen LogP contribution in [-0.2, 0) is 6.54 Å². The molecule has 1 atom stereocenters. The molecule has 1 rings (SSSR count). The summed E-state index contributed by atoms with van der Waals surface area (Å²) in [6, 6.07) is 1.79. The van der Waals surface area contributed by atoms with Gasteiger partial charge in [-0.15, -0.1) is 0 Å². The van der Waals surface area contributed by atoms with Crippen molar-refractivity contribution < 1.29 is 5.11 Å². The Labute approximate surface area is 84.1 Å². The van der Waals surface area contributed by atoms with Gasteiger partial charge in [-0.25, -0.2) is 0 Å². The first-order chi connectivity index (χ1) is 6.49. The number of aromatic nitrogens is 2. The number of aliphatic hydroxyl groups excluding tert-OH is 1. The van der Waals surface area contributed by atoms with E-state index in [4.69, 9.17) is 5.73 Å². The van der Waals surface area contributed by atoms with Gasteiger partial charge in [-0.1, -0.05) is 0 Å². The van der Waals surface area contributed by atoms with Gasteiger partial charge in [0.1, 0.15) is 5.82 Å². The summed E-state index contributed by atoms with van der Waals surface area (Å²) < 4.78 is 1.73. The fourth-order valence-corrected chi connectivity index (χ4v) is 1.40. The average molecular weight is 198 g/mol. The van der Waals surface area contributed by atoms with Crippen molar-refractivity contribution in [3.8, 4) is 0 Å². The minimum absolute atomic E-state index is 0.414. The second-order valence-corrected chi connectivity index (χ2v) is 3.81. The molecule has 1 heterocycles. The highest BCUT2D eigenvalue weighted by atomic mass is 16.3. The highest BCUT2D eigenvalue weighted by molar-refractivity contribution is 5.28. The van der Waals surface area contributed by atoms with E-state index in [1.165, 1.54) is 0 Å². The summed E-state index contributed by atoms with van der Waals surface area (Å²) in [5.41, 5.74) is 6.50. The molecule has 0 aliphatic carbocycles. The largest absolute Gasteiger partial charge is 0.390 e. The molecule has 1 unspecified atom stereocenters. The number of aryl methyl sites for hydroxylation is 1. The maximum absolute atomic E-state index is 9.66. The Bertz CT molecular complexity index is 295. The molecule has 0 bridgehead atoms. The molecule has 5 heteroatoms. The molecular weight excluding hydrogens is 180 g/mol. The van der Waals surface area contributed by atoms with E-state index in [1.807, 2.05) is 25.9 Å². The van der Waals surface area contributed by atoms with Crippen molar-refractivity contribution in [3.05, 3.63) is 11.8 Å². The molecule has 0 aliphatic rings. The van der Waals surface area contributed by atoms with Gasteiger partial charge in [0, 0.05) is 18.3 Å². The molecule has 80 valence electrons. The lowest BCUT2D eigenvalue weighted by Gasteiger charge is -2.16. The van der Waals surface area contributed by atoms with E-state index in [2.05, 4.69) is 5.10 Å². The first-order valence-corrected chi connectivity index (χ1v) is 4.61. The first kappa shape index (κ1) is 11.0. The van der Waals surface area contributed by atoms with Crippen LogP contribution in [0.1, 0.15) is 5.69 Å². The number of aliphatic hydroxyl groups is 1. The zero-order valence-electron chi connectivity index (χ0n) is 8.94. The predicted octanol–water partition coefficient (Wildman–Crippen LogP) is -0.304. The van der Waals surface area contributed by atoms with Crippen LogP contribution in [-0.4, -0.2) is 46.5 Å². The van der Waals surface area contributed by atoms with Crippen LogP contribution < -0.4 is 5.73 Å². The Balaban J connectivity index is 2.55. The van der Waals surface area contributed by atoms with Crippen LogP contribution in [0.3, 0.4) is 0 Å². The number of likely N-dealkylation sites (N-methyl/N-ethyl adjacent to an activating group) is 1. The Hall–Kier alpha value is -1.07. The van der Waals surface area contributed by atoms with Crippen LogP contribution >= 0.6 is 0 Å². The standard InChI is InChI=1S/C9H18N4O/c1-7-4-9(10)11-13(7)6-8(14)5-12(2)3/h4,8,14H,5-6H2,1-3H3,(H2,10,11). The van der Waals surface area contributed by atoms with Crippen molar-refractivity contribution in [2.24, 2.45) is 0 Å². The normalized spacial score (nSPS) is 13.5. The van der Waals surface area contributed by atoms with Crippen LogP contribution in [0.2, 0.25) is 0 Å². The third kappa shape index (κ3) is 3.01. The van der Waals surface area contributed by atoms with Gasteiger partial charge in [-0.3, -0.25) is 4.68 Å². The molecule has 1 aromatic heterocycles. The molecular formula is C9H18N4O. The Morgan fingerprint density at radius 3 is 2.71 bits per heavy atom. The van der Waals surface area contributed by atoms with Gasteiger partial charge in [-0.2, -0.15) is 5.10 Å². The van der Waals surface area contributed by atoms with Gasteiger partial charge in [0.05, 0.1) is 12.6 Å². The molecule has 14 heavy (non-hydrogen) atoms. The Morgan fingerprint density at radius 1 is 1.64 bits per heavy atom. The minimum atomic E-state index is -0.414. The van der Waals surface area contributed by atoms with Crippen LogP contribution in [0.5, 0.6) is 0 Å². The molecule has 3 N–H and O–H groups in total. The molecule has 0 fully saturated rings. The van der Waals surface area contributed by atoms with Gasteiger partial charge in [0.15, 0.2) is 0 Å². The van der Waals surface area contributed by atoms with Gasteiger partial charge < -0.3 is 15.7 Å². The summed E-state index contributed by atoms with van der Waals surface area (Å²) in [4.78, 5) is 1.94. The summed E-state index contributed by atoms with van der Waals surface area (Å²) in [5.74, 6) is 0.500. The van der Waals surface area contributed by atoms with Crippen molar-refractivity contribution in [1.82, 2.24) is 14.7 Å². The second-order valence-electron chi connectivity index (χ2n) is 3.81. The van der Waals surface area contributed by atoms with Gasteiger partial charge >= 0.3 is 0 Å². The summed E-state index contributed by atoms with van der Waals surface area (Å²) in [7, 11) is 3.85. The SMILES string of the molecule is Cc1cc(N)nn1CC(O)CN(C)C. The van der Waals surface area contributed by atoms with E-state index in [0.29, 0.717) is 18.9 Å². The lowest BCUT2D eigenvalue weighted by molar-refractivity contribution is 0.115. The zero-order chi connectivity index (χ0) is 10.7. The molecule has 1 aromatic rings. The number of nitrogens with zero attached hydrogens (tertiary/aromatic N) is 3. The molecule has 0 saturated carbocycles. The molecule has 0 aromatic carbocycles. The summed E-state index contributed by atoms with van der Waals surface area (Å²) in [5, 5.41) is 13.7. The molecule has 0 saturated heterocycles. The van der Waals surface area contributed by atoms with Crippen LogP contribution in [0.25, 0.3) is 0 Å². The number of nitrogen functional groups attached to an aromatic ring is 1. The maximum Gasteiger partial charge on any atom is 0.145 e. The highest BCUT2D eigenvalue weighted by Gasteiger charge is 2.09. The second kappa shape index (κ2) is 4.43. The summed E-state index contributed by atoms with van der Waals surface area (Å²) in [6.07, 6.45) is -0.414. The van der Waals surface area contributed by atoms with E-state index in [-0.39, 0.29) is 0 Å². The van der Waals surface area contributed by atoms with E-state index in [9.17, 15) is 5.11 Å². The number of rotatable bonds is 4. The van der Waals surface area contributed by atoms with Gasteiger partial charge in [0.2, 0.25) is 0 Å². The molecule has 5 nitrogen and oxygen atoms in total. The summed E-state index contributed by atoms with van der Waals surface area (Å²) in [6.45, 7) is 3.03. The van der Waals surface area contributed by atoms with Gasteiger partial charge in [0.25, 0.3) is 0 Å². The topological polar surface area (TPSA) is 67.3 Å². The van der Waals surface area contributed by atoms with Crippen molar-refractivity contribution >= 4 is 5.82 Å². The smallest absolute Gasteiger partial charge is 0.145 e. The third-order valence-electron chi connectivity index (χ3n) is 1.96. The lowest BCUT2D eigenvalue weighted by Crippen LogP contribution is -2.30. The average Bonchev–Trinajstić information content (AvgIpc) is 2.28. The zero-order valence-corrected chi connectivity index (χ0v) is 8.94. The Kier molecular flexibility index (Phi) is 3.49. The number of nitrogens with two attached hydrogens (primary N) is 1. The first-order valence-electron chi connectivity index (χ1n) is 4.61. The Morgan fingerprint density at radius 2 is 2.29 bits per heavy atom. The van der Waals surface area contributed by atoms with E-state index < -0.39 is 6.10 Å². The summed E-state index contributed by atoms with van der Waals surface area (Å²) >= 11 is 0. The van der Waals surface area contributed by atoms with Crippen molar-refractivity contribution in [1.29, 1.82) is 0 Å². The van der Waals surface area contributed by atoms with Gasteiger partial charge in [-0.05, 0) is 21.0 Å². The van der Waals surface area contributed by atoms with E-state index >= 15 is 0 Å². The number of hydrogen-bond acceptors (Lipinski definition) is 4. The van der Waals surface area contributed by atoms with Crippen molar-refractivity contribution in [2.45, 2.75) is 19.6 Å². The lowest BCUT2D eigenvalue weighted by atomic mass is 10.3. The monoisotopic (exact) mass is 198 g/mol. The van der Waals surface area contributed by atoms with Crippen LogP contribution in [0, 0.1) is 6.92 Å². The predicted molar refractivity (Wildman–Crippen MR) is 55.9 cm³/mol. The molecule has 0 spiro atoms. The number of anilines is 1.